The van der Waals surface area contributed by atoms with Crippen LogP contribution in [0.25, 0.3) is 0 Å². The molecule has 8 heteroatoms. The van der Waals surface area contributed by atoms with Crippen LogP contribution in [-0.2, 0) is 28.9 Å². The lowest BCUT2D eigenvalue weighted by Crippen LogP contribution is -2.46. The van der Waals surface area contributed by atoms with Crippen molar-refractivity contribution in [3.8, 4) is 0 Å². The minimum absolute atomic E-state index is 0.0463. The van der Waals surface area contributed by atoms with Gasteiger partial charge in [0.05, 0.1) is 5.57 Å². The Morgan fingerprint density at radius 3 is 2.71 bits per heavy atom. The Labute approximate surface area is 226 Å². The van der Waals surface area contributed by atoms with Crippen molar-refractivity contribution in [1.29, 1.82) is 0 Å². The van der Waals surface area contributed by atoms with E-state index in [0.29, 0.717) is 19.5 Å². The van der Waals surface area contributed by atoms with Gasteiger partial charge in [-0.25, -0.2) is 9.80 Å². The average Bonchev–Trinajstić information content (AvgIpc) is 3.43. The average molecular weight is 522 g/mol. The molecule has 0 aromatic heterocycles. The van der Waals surface area contributed by atoms with Crippen LogP contribution in [0.1, 0.15) is 82.4 Å². The van der Waals surface area contributed by atoms with E-state index in [1.165, 1.54) is 16.7 Å². The normalized spacial score (nSPS) is 23.0. The number of carbonyl (C=O) groups excluding carboxylic acids is 1. The second-order valence-electron chi connectivity index (χ2n) is 10.9. The number of esters is 1. The van der Waals surface area contributed by atoms with Crippen molar-refractivity contribution in [1.82, 2.24) is 10.3 Å². The third-order valence-corrected chi connectivity index (χ3v) is 8.20. The maximum atomic E-state index is 13.3. The fourth-order valence-corrected chi connectivity index (χ4v) is 6.06. The summed E-state index contributed by atoms with van der Waals surface area (Å²) >= 11 is 0. The lowest BCUT2D eigenvalue weighted by atomic mass is 9.76. The number of benzene rings is 1. The van der Waals surface area contributed by atoms with Gasteiger partial charge in [0.2, 0.25) is 0 Å². The van der Waals surface area contributed by atoms with Crippen LogP contribution >= 0.6 is 0 Å². The van der Waals surface area contributed by atoms with Crippen molar-refractivity contribution in [2.24, 2.45) is 21.7 Å². The summed E-state index contributed by atoms with van der Waals surface area (Å²) in [4.78, 5) is 17.7. The zero-order valence-corrected chi connectivity index (χ0v) is 23.3. The molecule has 2 heterocycles. The van der Waals surface area contributed by atoms with E-state index in [-0.39, 0.29) is 29.5 Å². The van der Waals surface area contributed by atoms with E-state index in [9.17, 15) is 9.90 Å². The number of nitrogens with zero attached hydrogens (tertiary/aromatic N) is 3. The Kier molecular flexibility index (Phi) is 8.92. The summed E-state index contributed by atoms with van der Waals surface area (Å²) in [6.07, 6.45) is 9.05. The molecule has 4 N–H and O–H groups in total. The van der Waals surface area contributed by atoms with Gasteiger partial charge in [-0.3, -0.25) is 4.99 Å². The predicted molar refractivity (Wildman–Crippen MR) is 152 cm³/mol. The molecule has 0 saturated heterocycles. The van der Waals surface area contributed by atoms with E-state index in [0.717, 1.165) is 56.5 Å². The third kappa shape index (κ3) is 6.29. The molecule has 1 fully saturated rings. The first-order chi connectivity index (χ1) is 18.2. The Bertz CT molecular complexity index is 1160. The quantitative estimate of drug-likeness (QED) is 0.230. The van der Waals surface area contributed by atoms with Gasteiger partial charge < -0.3 is 20.9 Å². The zero-order chi connectivity index (χ0) is 27.3. The second kappa shape index (κ2) is 12.2. The van der Waals surface area contributed by atoms with Gasteiger partial charge in [0.15, 0.2) is 0 Å². The van der Waals surface area contributed by atoms with Gasteiger partial charge in [-0.05, 0) is 81.7 Å². The smallest absolute Gasteiger partial charge is 0.338 e. The van der Waals surface area contributed by atoms with Crippen LogP contribution < -0.4 is 11.1 Å². The number of hydrogen-bond donors (Lipinski definition) is 3. The zero-order valence-electron chi connectivity index (χ0n) is 23.3. The Morgan fingerprint density at radius 2 is 2.05 bits per heavy atom. The topological polar surface area (TPSA) is 113 Å². The Hall–Kier alpha value is -3.13. The van der Waals surface area contributed by atoms with Crippen molar-refractivity contribution in [3.63, 3.8) is 0 Å². The van der Waals surface area contributed by atoms with Crippen molar-refractivity contribution >= 4 is 17.5 Å². The lowest BCUT2D eigenvalue weighted by Gasteiger charge is -2.42. The van der Waals surface area contributed by atoms with Gasteiger partial charge in [0, 0.05) is 30.8 Å². The summed E-state index contributed by atoms with van der Waals surface area (Å²) in [5.41, 5.74) is 11.5. The maximum absolute atomic E-state index is 13.3. The summed E-state index contributed by atoms with van der Waals surface area (Å²) in [7, 11) is 1.96. The van der Waals surface area contributed by atoms with Crippen molar-refractivity contribution in [2.45, 2.75) is 90.7 Å². The molecule has 1 atom stereocenters. The molecule has 0 amide bonds. The van der Waals surface area contributed by atoms with Crippen LogP contribution in [0.2, 0.25) is 0 Å². The first-order valence-electron chi connectivity index (χ1n) is 13.9. The fraction of sp³-hybridized carbons (Fsp3) is 0.567. The molecule has 3 aliphatic rings. The summed E-state index contributed by atoms with van der Waals surface area (Å²) < 4.78 is 6.28. The molecule has 38 heavy (non-hydrogen) atoms. The van der Waals surface area contributed by atoms with Crippen LogP contribution in [0.3, 0.4) is 0 Å². The molecule has 206 valence electrons. The number of ether oxygens (including phenoxy) is 1. The van der Waals surface area contributed by atoms with Crippen LogP contribution in [0.5, 0.6) is 0 Å². The molecule has 8 nitrogen and oxygen atoms in total. The predicted octanol–water partition coefficient (Wildman–Crippen LogP) is 4.89. The van der Waals surface area contributed by atoms with Gasteiger partial charge in [-0.15, -0.1) is 0 Å². The van der Waals surface area contributed by atoms with E-state index in [1.54, 1.807) is 5.01 Å². The number of amidine groups is 1. The van der Waals surface area contributed by atoms with Gasteiger partial charge in [0.25, 0.3) is 0 Å². The number of aliphatic hydroxyl groups is 1. The first kappa shape index (κ1) is 27.9. The van der Waals surface area contributed by atoms with Gasteiger partial charge >= 0.3 is 5.97 Å². The number of nitrogens with two attached hydrogens (primary N) is 1. The number of aryl methyl sites for hydroxylation is 2. The number of aliphatic hydroxyl groups excluding tert-OH is 1. The molecule has 1 aromatic rings. The molecule has 4 rings (SSSR count). The maximum Gasteiger partial charge on any atom is 0.338 e. The minimum atomic E-state index is -0.693. The molecule has 2 aliphatic heterocycles. The molecular weight excluding hydrogens is 478 g/mol. The number of hydrogen-bond acceptors (Lipinski definition) is 7. The summed E-state index contributed by atoms with van der Waals surface area (Å²) in [5.74, 6) is 0.104. The number of aliphatic imine (C=N–C) groups is 1. The molecule has 1 unspecified atom stereocenters. The number of hydrazone groups is 1. The molecule has 1 aliphatic carbocycles. The third-order valence-electron chi connectivity index (χ3n) is 8.20. The van der Waals surface area contributed by atoms with E-state index in [4.69, 9.17) is 10.5 Å². The standard InChI is InChI=1S/C30H43N5O3/c1-5-23-15-22(10-11-24(23)18-32-4)12-13-30(25-8-6-7-9-25)17-27(36)26(29(37)38-30)16-28(31)34-35-19-33-20(2)14-21(35)3/h10-11,14-15,25,32,36H,5-9,12-13,16-19H2,1-4H3,(H2,31,34). The van der Waals surface area contributed by atoms with Crippen LogP contribution in [0.15, 0.2) is 51.4 Å². The minimum Gasteiger partial charge on any atom is -0.512 e. The van der Waals surface area contributed by atoms with E-state index in [1.807, 2.05) is 27.0 Å². The largest absolute Gasteiger partial charge is 0.512 e. The van der Waals surface area contributed by atoms with Crippen LogP contribution in [0.4, 0.5) is 0 Å². The highest BCUT2D eigenvalue weighted by Gasteiger charge is 2.48. The SMILES string of the molecule is CCc1cc(CCC2(C3CCCC3)CC(O)=C(C/C(N)=N/N3CN=C(C)C=C3C)C(=O)O2)ccc1CNC. The van der Waals surface area contributed by atoms with E-state index in [2.05, 4.69) is 40.5 Å². The summed E-state index contributed by atoms with van der Waals surface area (Å²) in [5, 5.41) is 20.5. The van der Waals surface area contributed by atoms with E-state index >= 15 is 0 Å². The molecule has 0 bridgehead atoms. The molecule has 1 aromatic carbocycles. The molecule has 0 spiro atoms. The summed E-state index contributed by atoms with van der Waals surface area (Å²) in [6.45, 7) is 7.28. The van der Waals surface area contributed by atoms with Crippen molar-refractivity contribution in [3.05, 3.63) is 58.0 Å². The number of allylic oxidation sites excluding steroid dienone is 2. The Morgan fingerprint density at radius 1 is 1.29 bits per heavy atom. The number of nitrogens with one attached hydrogen (secondary N) is 1. The fourth-order valence-electron chi connectivity index (χ4n) is 6.06. The number of rotatable bonds is 10. The highest BCUT2D eigenvalue weighted by molar-refractivity contribution is 5.98. The number of cyclic esters (lactones) is 1. The molecule has 1 saturated carbocycles. The second-order valence-corrected chi connectivity index (χ2v) is 10.9. The molecular formula is C30H43N5O3. The number of carbonyl (C=O) groups is 1. The van der Waals surface area contributed by atoms with Gasteiger partial charge in [-0.1, -0.05) is 38.0 Å². The highest BCUT2D eigenvalue weighted by Crippen LogP contribution is 2.46. The van der Waals surface area contributed by atoms with E-state index < -0.39 is 11.6 Å². The van der Waals surface area contributed by atoms with Crippen molar-refractivity contribution < 1.29 is 14.6 Å². The van der Waals surface area contributed by atoms with Crippen LogP contribution in [-0.4, -0.2) is 46.9 Å². The van der Waals surface area contributed by atoms with Gasteiger partial charge in [-0.2, -0.15) is 5.10 Å². The molecule has 0 radical (unpaired) electrons. The highest BCUT2D eigenvalue weighted by atomic mass is 16.6. The van der Waals surface area contributed by atoms with Crippen LogP contribution in [0, 0.1) is 5.92 Å². The first-order valence-corrected chi connectivity index (χ1v) is 13.9. The van der Waals surface area contributed by atoms with Crippen molar-refractivity contribution in [2.75, 3.05) is 13.7 Å². The lowest BCUT2D eigenvalue weighted by molar-refractivity contribution is -0.167. The Balaban J connectivity index is 1.52. The monoisotopic (exact) mass is 521 g/mol. The summed E-state index contributed by atoms with van der Waals surface area (Å²) in [6, 6.07) is 6.66. The van der Waals surface area contributed by atoms with Gasteiger partial charge in [0.1, 0.15) is 23.9 Å².